The minimum Gasteiger partial charge on any atom is -0.336 e. The van der Waals surface area contributed by atoms with Crippen LogP contribution in [0.3, 0.4) is 0 Å². The standard InChI is InChI=1S/C15H17ClN4O/c1-10-9-20(6-5-17-10)15(21)13-8-18-19-14(13)11-3-2-4-12(16)7-11/h2-4,7-8,10,17H,5-6,9H2,1H3,(H,18,19). The number of hydrogen-bond donors (Lipinski definition) is 2. The molecule has 3 rings (SSSR count). The lowest BCUT2D eigenvalue weighted by Gasteiger charge is -2.31. The van der Waals surface area contributed by atoms with E-state index in [9.17, 15) is 4.79 Å². The number of carbonyl (C=O) groups is 1. The summed E-state index contributed by atoms with van der Waals surface area (Å²) in [6.07, 6.45) is 1.59. The molecule has 0 radical (unpaired) electrons. The minimum atomic E-state index is 0.00655. The molecular formula is C15H17ClN4O. The van der Waals surface area contributed by atoms with E-state index in [1.54, 1.807) is 12.3 Å². The highest BCUT2D eigenvalue weighted by molar-refractivity contribution is 6.30. The Labute approximate surface area is 128 Å². The number of nitrogens with one attached hydrogen (secondary N) is 2. The van der Waals surface area contributed by atoms with E-state index < -0.39 is 0 Å². The van der Waals surface area contributed by atoms with Crippen molar-refractivity contribution >= 4 is 17.5 Å². The molecule has 1 aromatic carbocycles. The predicted molar refractivity (Wildman–Crippen MR) is 82.4 cm³/mol. The first-order valence-corrected chi connectivity index (χ1v) is 7.35. The molecule has 2 N–H and O–H groups in total. The molecule has 1 unspecified atom stereocenters. The summed E-state index contributed by atoms with van der Waals surface area (Å²) in [6, 6.07) is 7.72. The molecule has 0 spiro atoms. The van der Waals surface area contributed by atoms with Crippen molar-refractivity contribution in [1.29, 1.82) is 0 Å². The molecule has 1 aliphatic rings. The summed E-state index contributed by atoms with van der Waals surface area (Å²) in [5, 5.41) is 10.9. The van der Waals surface area contributed by atoms with Crippen LogP contribution in [-0.4, -0.2) is 46.7 Å². The summed E-state index contributed by atoms with van der Waals surface area (Å²) in [5.41, 5.74) is 2.17. The Hall–Kier alpha value is -1.85. The van der Waals surface area contributed by atoms with Crippen LogP contribution in [0, 0.1) is 0 Å². The van der Waals surface area contributed by atoms with Crippen LogP contribution in [-0.2, 0) is 0 Å². The first kappa shape index (κ1) is 14.1. The van der Waals surface area contributed by atoms with Crippen molar-refractivity contribution < 1.29 is 4.79 Å². The zero-order valence-corrected chi connectivity index (χ0v) is 12.5. The lowest BCUT2D eigenvalue weighted by Crippen LogP contribution is -2.51. The van der Waals surface area contributed by atoms with Gasteiger partial charge in [-0.15, -0.1) is 0 Å². The van der Waals surface area contributed by atoms with E-state index in [-0.39, 0.29) is 5.91 Å². The van der Waals surface area contributed by atoms with Crippen LogP contribution in [0.15, 0.2) is 30.5 Å². The van der Waals surface area contributed by atoms with Gasteiger partial charge in [0, 0.05) is 36.3 Å². The number of carbonyl (C=O) groups excluding carboxylic acids is 1. The second-order valence-electron chi connectivity index (χ2n) is 5.28. The number of benzene rings is 1. The number of nitrogens with zero attached hydrogens (tertiary/aromatic N) is 2. The van der Waals surface area contributed by atoms with Gasteiger partial charge in [-0.25, -0.2) is 0 Å². The van der Waals surface area contributed by atoms with Crippen molar-refractivity contribution in [2.45, 2.75) is 13.0 Å². The van der Waals surface area contributed by atoms with Gasteiger partial charge in [-0.2, -0.15) is 5.10 Å². The molecule has 1 aromatic heterocycles. The van der Waals surface area contributed by atoms with Crippen molar-refractivity contribution in [3.05, 3.63) is 41.0 Å². The lowest BCUT2D eigenvalue weighted by molar-refractivity contribution is 0.0710. The third kappa shape index (κ3) is 2.94. The summed E-state index contributed by atoms with van der Waals surface area (Å²) in [7, 11) is 0. The topological polar surface area (TPSA) is 61.0 Å². The highest BCUT2D eigenvalue weighted by Crippen LogP contribution is 2.25. The van der Waals surface area contributed by atoms with E-state index >= 15 is 0 Å². The Kier molecular flexibility index (Phi) is 3.94. The first-order chi connectivity index (χ1) is 10.1. The number of rotatable bonds is 2. The van der Waals surface area contributed by atoms with Gasteiger partial charge in [-0.05, 0) is 19.1 Å². The molecule has 0 bridgehead atoms. The van der Waals surface area contributed by atoms with E-state index in [1.165, 1.54) is 0 Å². The van der Waals surface area contributed by atoms with Crippen molar-refractivity contribution in [1.82, 2.24) is 20.4 Å². The number of aromatic amines is 1. The predicted octanol–water partition coefficient (Wildman–Crippen LogP) is 2.16. The largest absolute Gasteiger partial charge is 0.336 e. The van der Waals surface area contributed by atoms with Crippen LogP contribution in [0.5, 0.6) is 0 Å². The quantitative estimate of drug-likeness (QED) is 0.894. The second kappa shape index (κ2) is 5.87. The number of aromatic nitrogens is 2. The van der Waals surface area contributed by atoms with E-state index in [0.29, 0.717) is 35.4 Å². The summed E-state index contributed by atoms with van der Waals surface area (Å²) in [6.45, 7) is 4.31. The van der Waals surface area contributed by atoms with Gasteiger partial charge in [-0.1, -0.05) is 23.7 Å². The van der Waals surface area contributed by atoms with Gasteiger partial charge in [0.2, 0.25) is 0 Å². The molecule has 5 nitrogen and oxygen atoms in total. The van der Waals surface area contributed by atoms with E-state index in [4.69, 9.17) is 11.6 Å². The Bertz CT molecular complexity index is 655. The Morgan fingerprint density at radius 1 is 1.48 bits per heavy atom. The number of hydrogen-bond acceptors (Lipinski definition) is 3. The molecule has 1 atom stereocenters. The van der Waals surface area contributed by atoms with Gasteiger partial charge < -0.3 is 10.2 Å². The molecule has 0 saturated carbocycles. The molecule has 1 saturated heterocycles. The lowest BCUT2D eigenvalue weighted by atomic mass is 10.1. The van der Waals surface area contributed by atoms with Gasteiger partial charge in [0.15, 0.2) is 0 Å². The van der Waals surface area contributed by atoms with Gasteiger partial charge >= 0.3 is 0 Å². The summed E-state index contributed by atoms with van der Waals surface area (Å²) < 4.78 is 0. The number of amides is 1. The summed E-state index contributed by atoms with van der Waals surface area (Å²) in [5.74, 6) is 0.00655. The monoisotopic (exact) mass is 304 g/mol. The van der Waals surface area contributed by atoms with Crippen molar-refractivity contribution in [2.75, 3.05) is 19.6 Å². The summed E-state index contributed by atoms with van der Waals surface area (Å²) in [4.78, 5) is 14.6. The highest BCUT2D eigenvalue weighted by Gasteiger charge is 2.25. The maximum Gasteiger partial charge on any atom is 0.257 e. The van der Waals surface area contributed by atoms with E-state index in [1.807, 2.05) is 23.1 Å². The van der Waals surface area contributed by atoms with Crippen LogP contribution in [0.25, 0.3) is 11.3 Å². The highest BCUT2D eigenvalue weighted by atomic mass is 35.5. The minimum absolute atomic E-state index is 0.00655. The van der Waals surface area contributed by atoms with Crippen LogP contribution in [0.1, 0.15) is 17.3 Å². The Morgan fingerprint density at radius 2 is 2.33 bits per heavy atom. The Balaban J connectivity index is 1.90. The van der Waals surface area contributed by atoms with Crippen LogP contribution in [0.2, 0.25) is 5.02 Å². The smallest absolute Gasteiger partial charge is 0.257 e. The molecule has 110 valence electrons. The average molecular weight is 305 g/mol. The van der Waals surface area contributed by atoms with Crippen molar-refractivity contribution in [3.63, 3.8) is 0 Å². The molecule has 1 fully saturated rings. The van der Waals surface area contributed by atoms with Crippen LogP contribution >= 0.6 is 11.6 Å². The summed E-state index contributed by atoms with van der Waals surface area (Å²) >= 11 is 6.02. The molecular weight excluding hydrogens is 288 g/mol. The van der Waals surface area contributed by atoms with Gasteiger partial charge in [0.1, 0.15) is 0 Å². The zero-order chi connectivity index (χ0) is 14.8. The fourth-order valence-electron chi connectivity index (χ4n) is 2.60. The van der Waals surface area contributed by atoms with Crippen molar-refractivity contribution in [2.24, 2.45) is 0 Å². The zero-order valence-electron chi connectivity index (χ0n) is 11.8. The maximum atomic E-state index is 12.7. The van der Waals surface area contributed by atoms with Crippen LogP contribution in [0.4, 0.5) is 0 Å². The van der Waals surface area contributed by atoms with Gasteiger partial charge in [0.25, 0.3) is 5.91 Å². The van der Waals surface area contributed by atoms with Gasteiger partial charge in [0.05, 0.1) is 17.5 Å². The molecule has 6 heteroatoms. The second-order valence-corrected chi connectivity index (χ2v) is 5.71. The molecule has 1 aliphatic heterocycles. The molecule has 21 heavy (non-hydrogen) atoms. The first-order valence-electron chi connectivity index (χ1n) is 6.97. The molecule has 2 heterocycles. The van der Waals surface area contributed by atoms with E-state index in [0.717, 1.165) is 12.1 Å². The Morgan fingerprint density at radius 3 is 3.10 bits per heavy atom. The fraction of sp³-hybridized carbons (Fsp3) is 0.333. The molecule has 2 aromatic rings. The SMILES string of the molecule is CC1CN(C(=O)c2cn[nH]c2-c2cccc(Cl)c2)CCN1. The average Bonchev–Trinajstić information content (AvgIpc) is 2.96. The van der Waals surface area contributed by atoms with Crippen LogP contribution < -0.4 is 5.32 Å². The molecule has 0 aliphatic carbocycles. The molecule has 1 amide bonds. The fourth-order valence-corrected chi connectivity index (χ4v) is 2.79. The maximum absolute atomic E-state index is 12.7. The van der Waals surface area contributed by atoms with Crippen molar-refractivity contribution in [3.8, 4) is 11.3 Å². The third-order valence-electron chi connectivity index (χ3n) is 3.64. The van der Waals surface area contributed by atoms with E-state index in [2.05, 4.69) is 22.4 Å². The number of halogens is 1. The normalized spacial score (nSPS) is 18.8. The third-order valence-corrected chi connectivity index (χ3v) is 3.87. The number of piperazine rings is 1. The van der Waals surface area contributed by atoms with Gasteiger partial charge in [-0.3, -0.25) is 9.89 Å². The number of H-pyrrole nitrogens is 1.